The van der Waals surface area contributed by atoms with E-state index in [0.717, 1.165) is 51.6 Å². The van der Waals surface area contributed by atoms with Crippen LogP contribution < -0.4 is 10.6 Å². The van der Waals surface area contributed by atoms with Crippen LogP contribution in [0.1, 0.15) is 69.6 Å². The maximum Gasteiger partial charge on any atom is 0.261 e. The molecular formula is C21H25N3O3. The highest BCUT2D eigenvalue weighted by atomic mass is 16.2. The zero-order valence-electron chi connectivity index (χ0n) is 15.4. The summed E-state index contributed by atoms with van der Waals surface area (Å²) in [5.74, 6) is -0.681. The Balaban J connectivity index is 1.48. The van der Waals surface area contributed by atoms with E-state index in [0.29, 0.717) is 23.2 Å². The van der Waals surface area contributed by atoms with Crippen molar-refractivity contribution in [3.63, 3.8) is 0 Å². The molecule has 0 saturated heterocycles. The molecule has 1 aromatic rings. The summed E-state index contributed by atoms with van der Waals surface area (Å²) in [7, 11) is 0. The summed E-state index contributed by atoms with van der Waals surface area (Å²) in [5, 5.41) is 6.15. The third-order valence-corrected chi connectivity index (χ3v) is 5.75. The number of hydrogen-bond acceptors (Lipinski definition) is 4. The van der Waals surface area contributed by atoms with Gasteiger partial charge in [0.1, 0.15) is 0 Å². The van der Waals surface area contributed by atoms with E-state index in [9.17, 15) is 14.4 Å². The van der Waals surface area contributed by atoms with Crippen molar-refractivity contribution in [2.75, 3.05) is 19.6 Å². The van der Waals surface area contributed by atoms with Crippen LogP contribution in [0.25, 0.3) is 0 Å². The summed E-state index contributed by atoms with van der Waals surface area (Å²) >= 11 is 0. The molecule has 3 amide bonds. The molecule has 142 valence electrons. The fraction of sp³-hybridized carbons (Fsp3) is 0.476. The number of carbonyl (C=O) groups is 3. The largest absolute Gasteiger partial charge is 0.348 e. The van der Waals surface area contributed by atoms with E-state index in [1.54, 1.807) is 18.2 Å². The smallest absolute Gasteiger partial charge is 0.261 e. The first-order chi connectivity index (χ1) is 13.1. The monoisotopic (exact) mass is 367 g/mol. The molecule has 0 spiro atoms. The van der Waals surface area contributed by atoms with Crippen molar-refractivity contribution in [1.29, 1.82) is 0 Å². The topological polar surface area (TPSA) is 78.5 Å². The molecule has 0 unspecified atom stereocenters. The summed E-state index contributed by atoms with van der Waals surface area (Å²) in [6.45, 7) is 2.27. The molecule has 0 radical (unpaired) electrons. The van der Waals surface area contributed by atoms with Gasteiger partial charge in [-0.05, 0) is 44.0 Å². The van der Waals surface area contributed by atoms with Gasteiger partial charge in [-0.1, -0.05) is 30.9 Å². The SMILES string of the molecule is O=C(NCC1=CCNCC1)c1ccc2c(c1)C(=O)N(C1CCCCC1)C2=O. The van der Waals surface area contributed by atoms with Crippen molar-refractivity contribution in [3.05, 3.63) is 46.5 Å². The average Bonchev–Trinajstić information content (AvgIpc) is 2.97. The number of carbonyl (C=O) groups excluding carboxylic acids is 3. The van der Waals surface area contributed by atoms with Crippen LogP contribution in [-0.4, -0.2) is 48.3 Å². The molecular weight excluding hydrogens is 342 g/mol. The third kappa shape index (κ3) is 3.54. The van der Waals surface area contributed by atoms with Gasteiger partial charge >= 0.3 is 0 Å². The van der Waals surface area contributed by atoms with Crippen molar-refractivity contribution in [3.8, 4) is 0 Å². The maximum absolute atomic E-state index is 12.8. The number of nitrogens with zero attached hydrogens (tertiary/aromatic N) is 1. The van der Waals surface area contributed by atoms with Crippen molar-refractivity contribution >= 4 is 17.7 Å². The fourth-order valence-electron chi connectivity index (χ4n) is 4.20. The highest BCUT2D eigenvalue weighted by Gasteiger charge is 2.40. The van der Waals surface area contributed by atoms with Gasteiger partial charge in [0, 0.05) is 24.7 Å². The Morgan fingerprint density at radius 1 is 1.11 bits per heavy atom. The lowest BCUT2D eigenvalue weighted by Crippen LogP contribution is -2.40. The first-order valence-electron chi connectivity index (χ1n) is 9.84. The molecule has 6 heteroatoms. The van der Waals surface area contributed by atoms with Gasteiger partial charge in [0.15, 0.2) is 0 Å². The quantitative estimate of drug-likeness (QED) is 0.632. The first kappa shape index (κ1) is 17.9. The molecule has 1 saturated carbocycles. The van der Waals surface area contributed by atoms with Crippen molar-refractivity contribution in [2.45, 2.75) is 44.6 Å². The number of imide groups is 1. The standard InChI is InChI=1S/C21H25N3O3/c25-19(23-13-14-8-10-22-11-9-14)15-6-7-17-18(12-15)21(27)24(20(17)26)16-4-2-1-3-5-16/h6-8,12,16,22H,1-5,9-11,13H2,(H,23,25). The van der Waals surface area contributed by atoms with Gasteiger partial charge in [-0.3, -0.25) is 19.3 Å². The molecule has 0 atom stereocenters. The van der Waals surface area contributed by atoms with Crippen LogP contribution in [0.2, 0.25) is 0 Å². The summed E-state index contributed by atoms with van der Waals surface area (Å²) in [5.41, 5.74) is 2.41. The van der Waals surface area contributed by atoms with E-state index in [4.69, 9.17) is 0 Å². The predicted octanol–water partition coefficient (Wildman–Crippen LogP) is 2.26. The molecule has 0 bridgehead atoms. The number of rotatable bonds is 4. The van der Waals surface area contributed by atoms with Crippen LogP contribution in [0.4, 0.5) is 0 Å². The molecule has 4 rings (SSSR count). The van der Waals surface area contributed by atoms with Crippen LogP contribution in [0.15, 0.2) is 29.8 Å². The third-order valence-electron chi connectivity index (χ3n) is 5.75. The number of amides is 3. The van der Waals surface area contributed by atoms with Gasteiger partial charge in [0.05, 0.1) is 11.1 Å². The van der Waals surface area contributed by atoms with Crippen LogP contribution in [0.3, 0.4) is 0 Å². The Morgan fingerprint density at radius 3 is 2.63 bits per heavy atom. The number of fused-ring (bicyclic) bond motifs is 1. The van der Waals surface area contributed by atoms with Crippen molar-refractivity contribution in [1.82, 2.24) is 15.5 Å². The van der Waals surface area contributed by atoms with Gasteiger partial charge in [0.25, 0.3) is 17.7 Å². The van der Waals surface area contributed by atoms with Crippen molar-refractivity contribution in [2.24, 2.45) is 0 Å². The average molecular weight is 367 g/mol. The summed E-state index contributed by atoms with van der Waals surface area (Å²) in [4.78, 5) is 39.5. The minimum Gasteiger partial charge on any atom is -0.348 e. The fourth-order valence-corrected chi connectivity index (χ4v) is 4.20. The van der Waals surface area contributed by atoms with E-state index in [-0.39, 0.29) is 23.8 Å². The predicted molar refractivity (Wildman–Crippen MR) is 102 cm³/mol. The number of hydrogen-bond donors (Lipinski definition) is 2. The molecule has 0 aromatic heterocycles. The summed E-state index contributed by atoms with van der Waals surface area (Å²) in [6.07, 6.45) is 8.04. The Morgan fingerprint density at radius 2 is 1.89 bits per heavy atom. The molecule has 6 nitrogen and oxygen atoms in total. The van der Waals surface area contributed by atoms with Gasteiger partial charge in [-0.25, -0.2) is 0 Å². The Kier molecular flexibility index (Phi) is 5.07. The second kappa shape index (κ2) is 7.64. The minimum absolute atomic E-state index is 0.00438. The molecule has 1 fully saturated rings. The molecule has 2 aliphatic heterocycles. The van der Waals surface area contributed by atoms with E-state index < -0.39 is 0 Å². The van der Waals surface area contributed by atoms with E-state index in [1.807, 2.05) is 0 Å². The van der Waals surface area contributed by atoms with E-state index >= 15 is 0 Å². The molecule has 1 aliphatic carbocycles. The zero-order chi connectivity index (χ0) is 18.8. The minimum atomic E-state index is -0.252. The lowest BCUT2D eigenvalue weighted by atomic mass is 9.94. The number of nitrogens with one attached hydrogen (secondary N) is 2. The summed E-state index contributed by atoms with van der Waals surface area (Å²) in [6, 6.07) is 4.83. The molecule has 27 heavy (non-hydrogen) atoms. The van der Waals surface area contributed by atoms with E-state index in [1.165, 1.54) is 10.5 Å². The highest BCUT2D eigenvalue weighted by molar-refractivity contribution is 6.22. The molecule has 2 heterocycles. The van der Waals surface area contributed by atoms with Gasteiger partial charge < -0.3 is 10.6 Å². The molecule has 3 aliphatic rings. The van der Waals surface area contributed by atoms with Crippen LogP contribution >= 0.6 is 0 Å². The van der Waals surface area contributed by atoms with Crippen molar-refractivity contribution < 1.29 is 14.4 Å². The molecule has 2 N–H and O–H groups in total. The lowest BCUT2D eigenvalue weighted by molar-refractivity contribution is 0.0549. The lowest BCUT2D eigenvalue weighted by Gasteiger charge is -2.29. The second-order valence-electron chi connectivity index (χ2n) is 7.53. The first-order valence-corrected chi connectivity index (χ1v) is 9.84. The maximum atomic E-state index is 12.8. The van der Waals surface area contributed by atoms with Crippen LogP contribution in [-0.2, 0) is 0 Å². The number of benzene rings is 1. The Labute approximate surface area is 159 Å². The second-order valence-corrected chi connectivity index (χ2v) is 7.53. The van der Waals surface area contributed by atoms with E-state index in [2.05, 4.69) is 16.7 Å². The normalized spacial score (nSPS) is 20.4. The summed E-state index contributed by atoms with van der Waals surface area (Å²) < 4.78 is 0. The zero-order valence-corrected chi connectivity index (χ0v) is 15.4. The van der Waals surface area contributed by atoms with Crippen LogP contribution in [0, 0.1) is 0 Å². The van der Waals surface area contributed by atoms with Gasteiger partial charge in [-0.2, -0.15) is 0 Å². The molecule has 1 aromatic carbocycles. The van der Waals surface area contributed by atoms with Gasteiger partial charge in [0.2, 0.25) is 0 Å². The van der Waals surface area contributed by atoms with Crippen LogP contribution in [0.5, 0.6) is 0 Å². The van der Waals surface area contributed by atoms with Gasteiger partial charge in [-0.15, -0.1) is 0 Å². The highest BCUT2D eigenvalue weighted by Crippen LogP contribution is 2.31. The Bertz CT molecular complexity index is 809. The Hall–Kier alpha value is -2.47.